The number of hydrogen-bond acceptors (Lipinski definition) is 6. The van der Waals surface area contributed by atoms with Gasteiger partial charge in [-0.1, -0.05) is 17.7 Å². The van der Waals surface area contributed by atoms with Crippen molar-refractivity contribution in [1.29, 1.82) is 0 Å². The quantitative estimate of drug-likeness (QED) is 0.432. The topological polar surface area (TPSA) is 150 Å². The van der Waals surface area contributed by atoms with Crippen molar-refractivity contribution in [3.05, 3.63) is 61.8 Å². The number of nitrogens with zero attached hydrogens (tertiary/aromatic N) is 3. The highest BCUT2D eigenvalue weighted by molar-refractivity contribution is 7.46. The number of hydrogen-bond donors (Lipinski definition) is 3. The predicted octanol–water partition coefficient (Wildman–Crippen LogP) is 2.97. The lowest BCUT2D eigenvalue weighted by Crippen LogP contribution is -2.56. The number of carbonyl (C=O) groups excluding carboxylic acids is 2. The van der Waals surface area contributed by atoms with Crippen LogP contribution >= 0.6 is 19.4 Å². The van der Waals surface area contributed by atoms with Gasteiger partial charge in [-0.15, -0.1) is 0 Å². The van der Waals surface area contributed by atoms with E-state index in [1.54, 1.807) is 0 Å². The minimum Gasteiger partial charge on any atom is -0.502 e. The summed E-state index contributed by atoms with van der Waals surface area (Å²) in [5, 5.41) is 11.1. The molecular formula is C26H28ClFN3O8P. The van der Waals surface area contributed by atoms with Crippen LogP contribution in [0.25, 0.3) is 0 Å². The molecule has 11 nitrogen and oxygen atoms in total. The molecule has 0 bridgehead atoms. The molecule has 1 spiro atoms. The molecular weight excluding hydrogens is 568 g/mol. The molecule has 0 radical (unpaired) electrons. The van der Waals surface area contributed by atoms with Gasteiger partial charge in [0.1, 0.15) is 17.2 Å². The maximum absolute atomic E-state index is 14.1. The Hall–Kier alpha value is -2.76. The fraction of sp³-hybridized carbons (Fsp3) is 0.500. The fourth-order valence-corrected chi connectivity index (χ4v) is 7.94. The van der Waals surface area contributed by atoms with Crippen molar-refractivity contribution in [2.24, 2.45) is 11.8 Å². The SMILES string of the molecule is C[C@@H](CN1C(=O)c2c3c(c(O)c(=O)n2[C@@]12CC[C@H]1CC[C@H]12)C(=O)N(Cc1ccc(F)c(Cl)c1)CC3)OP(=O)(O)O. The van der Waals surface area contributed by atoms with Gasteiger partial charge in [0.2, 0.25) is 0 Å². The van der Waals surface area contributed by atoms with Gasteiger partial charge in [-0.2, -0.15) is 0 Å². The second-order valence-corrected chi connectivity index (χ2v) is 12.7. The number of aromatic hydroxyl groups is 1. The highest BCUT2D eigenvalue weighted by Gasteiger charge is 2.63. The Balaban J connectivity index is 1.43. The average Bonchev–Trinajstić information content (AvgIpc) is 3.24. The summed E-state index contributed by atoms with van der Waals surface area (Å²) in [6, 6.07) is 4.08. The molecule has 214 valence electrons. The number of phosphoric ester groups is 1. The monoisotopic (exact) mass is 595 g/mol. The first-order valence-electron chi connectivity index (χ1n) is 13.1. The molecule has 2 aliphatic carbocycles. The summed E-state index contributed by atoms with van der Waals surface area (Å²) >= 11 is 5.89. The third kappa shape index (κ3) is 4.03. The summed E-state index contributed by atoms with van der Waals surface area (Å²) in [7, 11) is -4.84. The van der Waals surface area contributed by atoms with E-state index in [1.807, 2.05) is 0 Å². The maximum atomic E-state index is 14.1. The summed E-state index contributed by atoms with van der Waals surface area (Å²) in [6.07, 6.45) is 2.00. The number of carbonyl (C=O) groups is 2. The first-order valence-corrected chi connectivity index (χ1v) is 15.0. The molecule has 3 heterocycles. The van der Waals surface area contributed by atoms with Crippen LogP contribution in [0.15, 0.2) is 23.0 Å². The van der Waals surface area contributed by atoms with Gasteiger partial charge in [-0.05, 0) is 62.6 Å². The van der Waals surface area contributed by atoms with Crippen LogP contribution in [-0.4, -0.2) is 60.3 Å². The Morgan fingerprint density at radius 1 is 1.20 bits per heavy atom. The van der Waals surface area contributed by atoms with E-state index in [-0.39, 0.29) is 59.7 Å². The van der Waals surface area contributed by atoms with Crippen LogP contribution in [-0.2, 0) is 27.7 Å². The normalized spacial score (nSPS) is 26.1. The van der Waals surface area contributed by atoms with Crippen molar-refractivity contribution in [2.45, 2.75) is 57.3 Å². The molecule has 4 atom stereocenters. The zero-order valence-corrected chi connectivity index (χ0v) is 23.2. The van der Waals surface area contributed by atoms with Crippen LogP contribution < -0.4 is 5.56 Å². The molecule has 3 N–H and O–H groups in total. The van der Waals surface area contributed by atoms with Gasteiger partial charge in [-0.25, -0.2) is 8.96 Å². The zero-order valence-electron chi connectivity index (χ0n) is 21.5. The van der Waals surface area contributed by atoms with Gasteiger partial charge < -0.3 is 24.7 Å². The lowest BCUT2D eigenvalue weighted by atomic mass is 9.72. The number of fused-ring (bicyclic) bond motifs is 6. The van der Waals surface area contributed by atoms with E-state index >= 15 is 0 Å². The number of benzene rings is 1. The third-order valence-corrected chi connectivity index (χ3v) is 9.82. The van der Waals surface area contributed by atoms with Gasteiger partial charge in [-0.3, -0.25) is 23.5 Å². The van der Waals surface area contributed by atoms with Gasteiger partial charge >= 0.3 is 7.82 Å². The van der Waals surface area contributed by atoms with E-state index in [0.29, 0.717) is 12.0 Å². The Kier molecular flexibility index (Phi) is 6.43. The molecule has 4 aliphatic rings. The lowest BCUT2D eigenvalue weighted by Gasteiger charge is -2.47. The maximum Gasteiger partial charge on any atom is 0.469 e. The molecule has 2 fully saturated rings. The minimum absolute atomic E-state index is 0.0338. The second kappa shape index (κ2) is 9.39. The highest BCUT2D eigenvalue weighted by atomic mass is 35.5. The van der Waals surface area contributed by atoms with Crippen molar-refractivity contribution >= 4 is 31.2 Å². The number of phosphoric acid groups is 1. The van der Waals surface area contributed by atoms with Crippen LogP contribution in [0.2, 0.25) is 5.02 Å². The van der Waals surface area contributed by atoms with Gasteiger partial charge in [0.15, 0.2) is 5.75 Å². The Bertz CT molecular complexity index is 1560. The smallest absolute Gasteiger partial charge is 0.469 e. The minimum atomic E-state index is -4.84. The van der Waals surface area contributed by atoms with Gasteiger partial charge in [0.25, 0.3) is 17.4 Å². The summed E-state index contributed by atoms with van der Waals surface area (Å²) in [4.78, 5) is 63.0. The van der Waals surface area contributed by atoms with Crippen molar-refractivity contribution in [1.82, 2.24) is 14.4 Å². The molecule has 2 aliphatic heterocycles. The number of pyridine rings is 1. The number of aromatic nitrogens is 1. The highest BCUT2D eigenvalue weighted by Crippen LogP contribution is 2.60. The van der Waals surface area contributed by atoms with E-state index in [9.17, 15) is 38.2 Å². The first-order chi connectivity index (χ1) is 18.8. The Morgan fingerprint density at radius 3 is 2.58 bits per heavy atom. The van der Waals surface area contributed by atoms with Crippen molar-refractivity contribution in [3.8, 4) is 5.75 Å². The summed E-state index contributed by atoms with van der Waals surface area (Å²) in [5.74, 6) is -2.31. The fourth-order valence-electron chi connectivity index (χ4n) is 7.20. The third-order valence-electron chi connectivity index (χ3n) is 8.90. The van der Waals surface area contributed by atoms with E-state index in [1.165, 1.54) is 39.5 Å². The summed E-state index contributed by atoms with van der Waals surface area (Å²) in [5.41, 5.74) is -1.33. The van der Waals surface area contributed by atoms with E-state index in [0.717, 1.165) is 19.3 Å². The number of amides is 2. The van der Waals surface area contributed by atoms with Crippen LogP contribution in [0.4, 0.5) is 4.39 Å². The van der Waals surface area contributed by atoms with Gasteiger partial charge in [0.05, 0.1) is 16.7 Å². The van der Waals surface area contributed by atoms with Crippen LogP contribution in [0.5, 0.6) is 5.75 Å². The lowest BCUT2D eigenvalue weighted by molar-refractivity contribution is -0.0377. The van der Waals surface area contributed by atoms with E-state index < -0.39 is 48.5 Å². The van der Waals surface area contributed by atoms with Crippen LogP contribution in [0.3, 0.4) is 0 Å². The largest absolute Gasteiger partial charge is 0.502 e. The summed E-state index contributed by atoms with van der Waals surface area (Å²) < 4.78 is 31.3. The summed E-state index contributed by atoms with van der Waals surface area (Å²) in [6.45, 7) is 1.49. The first kappa shape index (κ1) is 27.4. The second-order valence-electron chi connectivity index (χ2n) is 11.1. The predicted molar refractivity (Wildman–Crippen MR) is 139 cm³/mol. The standard InChI is InChI=1S/C26H28ClFN3O8P/c1-13(39-40(36,37)38)11-30-24(34)21-16-7-9-29(12-14-2-5-19(28)18(27)10-14)23(33)20(16)22(32)25(35)31(21)26(30)8-6-15-3-4-17(15)26/h2,5,10,13,15,17,32H,3-4,6-9,11-12H2,1H3,(H2,36,37,38)/t13-,15+,17+,26+/m0/s1. The average molecular weight is 596 g/mol. The van der Waals surface area contributed by atoms with E-state index in [4.69, 9.17) is 16.1 Å². The Labute approximate surface area is 233 Å². The molecule has 0 saturated heterocycles. The molecule has 6 rings (SSSR count). The molecule has 0 unspecified atom stereocenters. The molecule has 2 amide bonds. The molecule has 2 saturated carbocycles. The Morgan fingerprint density at radius 2 is 1.95 bits per heavy atom. The number of halogens is 2. The van der Waals surface area contributed by atoms with Crippen molar-refractivity contribution in [2.75, 3.05) is 13.1 Å². The number of rotatable bonds is 6. The van der Waals surface area contributed by atoms with Crippen LogP contribution in [0, 0.1) is 17.7 Å². The van der Waals surface area contributed by atoms with Crippen molar-refractivity contribution in [3.63, 3.8) is 0 Å². The molecule has 1 aromatic heterocycles. The van der Waals surface area contributed by atoms with Crippen molar-refractivity contribution < 1.29 is 38.0 Å². The van der Waals surface area contributed by atoms with E-state index in [2.05, 4.69) is 0 Å². The van der Waals surface area contributed by atoms with Crippen LogP contribution in [0.1, 0.15) is 64.6 Å². The zero-order chi connectivity index (χ0) is 28.7. The molecule has 40 heavy (non-hydrogen) atoms. The molecule has 14 heteroatoms. The van der Waals surface area contributed by atoms with Gasteiger partial charge in [0, 0.05) is 31.1 Å². The molecule has 2 aromatic rings. The molecule has 1 aromatic carbocycles.